The molecular formula is C20H17F4N3O. The first-order chi connectivity index (χ1) is 13.3. The molecule has 1 saturated heterocycles. The smallest absolute Gasteiger partial charge is 0.272 e. The minimum Gasteiger partial charge on any atom is -0.292 e. The second-order valence-corrected chi connectivity index (χ2v) is 7.03. The monoisotopic (exact) mass is 391 g/mol. The molecule has 1 fully saturated rings. The number of hydrogen-bond acceptors (Lipinski definition) is 3. The fraction of sp³-hybridized carbons (Fsp3) is 0.300. The second kappa shape index (κ2) is 7.01. The molecule has 1 N–H and O–H groups in total. The molecule has 0 spiro atoms. The minimum atomic E-state index is -2.62. The molecule has 1 aliphatic heterocycles. The fourth-order valence-corrected chi connectivity index (χ4v) is 3.47. The van der Waals surface area contributed by atoms with Crippen molar-refractivity contribution in [2.24, 2.45) is 0 Å². The molecule has 146 valence electrons. The van der Waals surface area contributed by atoms with Gasteiger partial charge in [-0.05, 0) is 36.7 Å². The normalized spacial score (nSPS) is 16.3. The second-order valence-electron chi connectivity index (χ2n) is 7.03. The lowest BCUT2D eigenvalue weighted by Crippen LogP contribution is -2.56. The first-order valence-corrected chi connectivity index (χ1v) is 8.90. The van der Waals surface area contributed by atoms with Gasteiger partial charge in [0, 0.05) is 17.4 Å². The first kappa shape index (κ1) is 18.6. The van der Waals surface area contributed by atoms with Gasteiger partial charge in [0.15, 0.2) is 17.4 Å². The molecule has 0 unspecified atom stereocenters. The zero-order valence-corrected chi connectivity index (χ0v) is 14.8. The number of ketones is 1. The van der Waals surface area contributed by atoms with E-state index in [1.165, 1.54) is 12.1 Å². The lowest BCUT2D eigenvalue weighted by Gasteiger charge is -2.38. The van der Waals surface area contributed by atoms with Crippen LogP contribution in [0.1, 0.15) is 23.3 Å². The maximum atomic E-state index is 14.1. The molecule has 0 radical (unpaired) electrons. The van der Waals surface area contributed by atoms with Gasteiger partial charge in [-0.1, -0.05) is 18.2 Å². The summed E-state index contributed by atoms with van der Waals surface area (Å²) in [6, 6.07) is 8.79. The van der Waals surface area contributed by atoms with Crippen LogP contribution in [0.3, 0.4) is 0 Å². The van der Waals surface area contributed by atoms with Gasteiger partial charge in [-0.15, -0.1) is 0 Å². The standard InChI is InChI=1S/C20H17F4N3O/c21-15-4-1-3-13(18(15)22)12-6-7-16-14(9-12)19(26-25-16)17(28)5-2-8-27-10-20(23,24)11-27/h1,3-4,6-7,9H,2,5,8,10-11H2,(H,25,26). The Morgan fingerprint density at radius 1 is 1.18 bits per heavy atom. The van der Waals surface area contributed by atoms with Crippen LogP contribution in [0.25, 0.3) is 22.0 Å². The largest absolute Gasteiger partial charge is 0.292 e. The van der Waals surface area contributed by atoms with Crippen LogP contribution in [0.4, 0.5) is 17.6 Å². The Morgan fingerprint density at radius 3 is 2.71 bits per heavy atom. The van der Waals surface area contributed by atoms with Crippen molar-refractivity contribution in [2.45, 2.75) is 18.8 Å². The molecule has 1 aromatic heterocycles. The zero-order chi connectivity index (χ0) is 19.9. The van der Waals surface area contributed by atoms with E-state index in [2.05, 4.69) is 10.2 Å². The average molecular weight is 391 g/mol. The topological polar surface area (TPSA) is 49.0 Å². The van der Waals surface area contributed by atoms with Crippen molar-refractivity contribution in [1.82, 2.24) is 15.1 Å². The number of hydrogen-bond donors (Lipinski definition) is 1. The van der Waals surface area contributed by atoms with Crippen molar-refractivity contribution in [3.8, 4) is 11.1 Å². The first-order valence-electron chi connectivity index (χ1n) is 8.90. The third kappa shape index (κ3) is 3.52. The summed E-state index contributed by atoms with van der Waals surface area (Å²) < 4.78 is 53.3. The van der Waals surface area contributed by atoms with E-state index in [0.717, 1.165) is 6.07 Å². The number of alkyl halides is 2. The van der Waals surface area contributed by atoms with E-state index in [4.69, 9.17) is 0 Å². The van der Waals surface area contributed by atoms with Gasteiger partial charge in [0.2, 0.25) is 0 Å². The number of halogens is 4. The Hall–Kier alpha value is -2.74. The van der Waals surface area contributed by atoms with Gasteiger partial charge < -0.3 is 0 Å². The molecule has 2 heterocycles. The van der Waals surface area contributed by atoms with Gasteiger partial charge in [-0.3, -0.25) is 14.8 Å². The summed E-state index contributed by atoms with van der Waals surface area (Å²) >= 11 is 0. The number of likely N-dealkylation sites (tertiary alicyclic amines) is 1. The molecule has 1 aliphatic rings. The van der Waals surface area contributed by atoms with Crippen LogP contribution in [0.2, 0.25) is 0 Å². The van der Waals surface area contributed by atoms with E-state index >= 15 is 0 Å². The molecule has 4 rings (SSSR count). The summed E-state index contributed by atoms with van der Waals surface area (Å²) in [5, 5.41) is 7.32. The number of aromatic nitrogens is 2. The third-order valence-corrected chi connectivity index (χ3v) is 4.88. The quantitative estimate of drug-likeness (QED) is 0.500. The molecule has 2 aromatic carbocycles. The van der Waals surface area contributed by atoms with Gasteiger partial charge in [-0.2, -0.15) is 5.10 Å². The van der Waals surface area contributed by atoms with E-state index in [1.54, 1.807) is 23.1 Å². The van der Waals surface area contributed by atoms with Crippen LogP contribution in [0, 0.1) is 11.6 Å². The molecule has 0 atom stereocenters. The number of rotatable bonds is 6. The summed E-state index contributed by atoms with van der Waals surface area (Å²) in [4.78, 5) is 14.1. The molecule has 3 aromatic rings. The fourth-order valence-electron chi connectivity index (χ4n) is 3.47. The summed E-state index contributed by atoms with van der Waals surface area (Å²) in [6.07, 6.45) is 0.613. The number of carbonyl (C=O) groups is 1. The van der Waals surface area contributed by atoms with Gasteiger partial charge >= 0.3 is 0 Å². The molecule has 0 amide bonds. The van der Waals surface area contributed by atoms with Crippen LogP contribution in [-0.2, 0) is 0 Å². The predicted octanol–water partition coefficient (Wildman–Crippen LogP) is 4.42. The molecule has 8 heteroatoms. The van der Waals surface area contributed by atoms with E-state index in [9.17, 15) is 22.4 Å². The number of carbonyl (C=O) groups excluding carboxylic acids is 1. The molecule has 28 heavy (non-hydrogen) atoms. The van der Waals surface area contributed by atoms with Crippen LogP contribution in [0.5, 0.6) is 0 Å². The lowest BCUT2D eigenvalue weighted by molar-refractivity contribution is -0.130. The van der Waals surface area contributed by atoms with Crippen molar-refractivity contribution in [1.29, 1.82) is 0 Å². The van der Waals surface area contributed by atoms with Crippen LogP contribution < -0.4 is 0 Å². The van der Waals surface area contributed by atoms with Gasteiger partial charge in [0.25, 0.3) is 5.92 Å². The van der Waals surface area contributed by atoms with Gasteiger partial charge in [0.05, 0.1) is 18.6 Å². The van der Waals surface area contributed by atoms with E-state index < -0.39 is 17.6 Å². The van der Waals surface area contributed by atoms with Crippen molar-refractivity contribution in [3.05, 3.63) is 53.7 Å². The summed E-state index contributed by atoms with van der Waals surface area (Å²) in [5.41, 5.74) is 1.34. The van der Waals surface area contributed by atoms with Crippen LogP contribution in [-0.4, -0.2) is 46.4 Å². The molecule has 0 saturated carbocycles. The van der Waals surface area contributed by atoms with Crippen molar-refractivity contribution < 1.29 is 22.4 Å². The average Bonchev–Trinajstić information content (AvgIpc) is 3.05. The minimum absolute atomic E-state index is 0.0974. The van der Waals surface area contributed by atoms with Gasteiger partial charge in [-0.25, -0.2) is 17.6 Å². The number of H-pyrrole nitrogens is 1. The third-order valence-electron chi connectivity index (χ3n) is 4.88. The maximum Gasteiger partial charge on any atom is 0.272 e. The molecular weight excluding hydrogens is 374 g/mol. The van der Waals surface area contributed by atoms with Crippen molar-refractivity contribution in [2.75, 3.05) is 19.6 Å². The number of fused-ring (bicyclic) bond motifs is 1. The number of Topliss-reactive ketones (excluding diaryl/α,β-unsaturated/α-hetero) is 1. The van der Waals surface area contributed by atoms with Crippen LogP contribution >= 0.6 is 0 Å². The maximum absolute atomic E-state index is 14.1. The van der Waals surface area contributed by atoms with E-state index in [-0.39, 0.29) is 36.6 Å². The highest BCUT2D eigenvalue weighted by Crippen LogP contribution is 2.29. The summed E-state index contributed by atoms with van der Waals surface area (Å²) in [5.74, 6) is -4.75. The number of aromatic amines is 1. The highest BCUT2D eigenvalue weighted by molar-refractivity contribution is 6.06. The van der Waals surface area contributed by atoms with E-state index in [0.29, 0.717) is 29.4 Å². The Kier molecular flexibility index (Phi) is 4.66. The lowest BCUT2D eigenvalue weighted by atomic mass is 10.0. The molecule has 0 aliphatic carbocycles. The Bertz CT molecular complexity index is 1040. The highest BCUT2D eigenvalue weighted by atomic mass is 19.3. The molecule has 4 nitrogen and oxygen atoms in total. The highest BCUT2D eigenvalue weighted by Gasteiger charge is 2.43. The van der Waals surface area contributed by atoms with Crippen molar-refractivity contribution >= 4 is 16.7 Å². The van der Waals surface area contributed by atoms with Crippen LogP contribution in [0.15, 0.2) is 36.4 Å². The summed E-state index contributed by atoms with van der Waals surface area (Å²) in [7, 11) is 0. The van der Waals surface area contributed by atoms with Gasteiger partial charge in [0.1, 0.15) is 5.69 Å². The Labute approximate surface area is 158 Å². The SMILES string of the molecule is O=C(CCCN1CC(F)(F)C1)c1n[nH]c2ccc(-c3cccc(F)c3F)cc12. The van der Waals surface area contributed by atoms with Crippen molar-refractivity contribution in [3.63, 3.8) is 0 Å². The number of nitrogens with one attached hydrogen (secondary N) is 1. The Balaban J connectivity index is 1.51. The van der Waals surface area contributed by atoms with E-state index in [1.807, 2.05) is 0 Å². The summed E-state index contributed by atoms with van der Waals surface area (Å²) in [6.45, 7) is -0.117. The Morgan fingerprint density at radius 2 is 1.96 bits per heavy atom. The number of nitrogens with zero attached hydrogens (tertiary/aromatic N) is 2. The predicted molar refractivity (Wildman–Crippen MR) is 96.4 cm³/mol. The number of benzene rings is 2. The zero-order valence-electron chi connectivity index (χ0n) is 14.8. The molecule has 0 bridgehead atoms.